The zero-order valence-corrected chi connectivity index (χ0v) is 15.8. The van der Waals surface area contributed by atoms with Gasteiger partial charge in [-0.1, -0.05) is 29.3 Å². The van der Waals surface area contributed by atoms with Crippen molar-refractivity contribution in [2.75, 3.05) is 36.8 Å². The van der Waals surface area contributed by atoms with E-state index in [1.165, 1.54) is 4.31 Å². The number of halogens is 2. The zero-order chi connectivity index (χ0) is 17.9. The molecule has 0 saturated carbocycles. The van der Waals surface area contributed by atoms with Gasteiger partial charge in [-0.05, 0) is 12.1 Å². The van der Waals surface area contributed by atoms with Gasteiger partial charge in [0.15, 0.2) is 0 Å². The van der Waals surface area contributed by atoms with Crippen LogP contribution in [0.5, 0.6) is 0 Å². The average molecular weight is 401 g/mol. The number of nitrogens with zero attached hydrogens (tertiary/aromatic N) is 4. The minimum Gasteiger partial charge on any atom is -0.366 e. The third-order valence-corrected chi connectivity index (χ3v) is 6.54. The van der Waals surface area contributed by atoms with Gasteiger partial charge in [0.05, 0.1) is 21.5 Å². The maximum Gasteiger partial charge on any atom is 0.214 e. The summed E-state index contributed by atoms with van der Waals surface area (Å²) in [6.45, 7) is 1.87. The molecule has 1 aliphatic rings. The number of pyridine rings is 2. The van der Waals surface area contributed by atoms with Crippen molar-refractivity contribution >= 4 is 38.9 Å². The number of rotatable bonds is 5. The fourth-order valence-corrected chi connectivity index (χ4v) is 4.85. The van der Waals surface area contributed by atoms with Crippen LogP contribution in [-0.2, 0) is 16.4 Å². The van der Waals surface area contributed by atoms with Gasteiger partial charge in [0.2, 0.25) is 10.0 Å². The molecule has 6 nitrogen and oxygen atoms in total. The third-order valence-electron chi connectivity index (χ3n) is 4.12. The van der Waals surface area contributed by atoms with Crippen molar-refractivity contribution in [1.82, 2.24) is 14.3 Å². The molecule has 134 valence electrons. The lowest BCUT2D eigenvalue weighted by Crippen LogP contribution is -2.49. The predicted octanol–water partition coefficient (Wildman–Crippen LogP) is 2.48. The summed E-state index contributed by atoms with van der Waals surface area (Å²) in [6.07, 6.45) is 5.16. The van der Waals surface area contributed by atoms with Gasteiger partial charge in [-0.3, -0.25) is 9.97 Å². The summed E-state index contributed by atoms with van der Waals surface area (Å²) in [4.78, 5) is 10.1. The zero-order valence-electron chi connectivity index (χ0n) is 13.5. The number of sulfonamides is 1. The van der Waals surface area contributed by atoms with Crippen LogP contribution in [0.1, 0.15) is 5.69 Å². The fourth-order valence-electron chi connectivity index (χ4n) is 2.81. The Labute approximate surface area is 157 Å². The smallest absolute Gasteiger partial charge is 0.214 e. The molecule has 25 heavy (non-hydrogen) atoms. The Morgan fingerprint density at radius 1 is 1.04 bits per heavy atom. The van der Waals surface area contributed by atoms with Gasteiger partial charge < -0.3 is 4.90 Å². The monoisotopic (exact) mass is 400 g/mol. The summed E-state index contributed by atoms with van der Waals surface area (Å²) in [5.41, 5.74) is 1.49. The summed E-state index contributed by atoms with van der Waals surface area (Å²) in [5.74, 6) is 0.0563. The number of aryl methyl sites for hydroxylation is 1. The molecule has 3 heterocycles. The molecule has 0 spiro atoms. The Morgan fingerprint density at radius 2 is 1.72 bits per heavy atom. The minimum absolute atomic E-state index is 0.0563. The molecule has 0 N–H and O–H groups in total. The van der Waals surface area contributed by atoms with Crippen molar-refractivity contribution < 1.29 is 8.42 Å². The largest absolute Gasteiger partial charge is 0.366 e. The summed E-state index contributed by atoms with van der Waals surface area (Å²) >= 11 is 12.4. The van der Waals surface area contributed by atoms with Crippen LogP contribution in [0, 0.1) is 0 Å². The van der Waals surface area contributed by atoms with Gasteiger partial charge in [0.1, 0.15) is 0 Å². The molecule has 0 bridgehead atoms. The van der Waals surface area contributed by atoms with E-state index < -0.39 is 10.0 Å². The van der Waals surface area contributed by atoms with Gasteiger partial charge >= 0.3 is 0 Å². The van der Waals surface area contributed by atoms with Gasteiger partial charge in [-0.2, -0.15) is 4.31 Å². The Morgan fingerprint density at radius 3 is 2.32 bits per heavy atom. The number of hydrogen-bond donors (Lipinski definition) is 0. The van der Waals surface area contributed by atoms with E-state index in [1.54, 1.807) is 18.6 Å². The molecule has 0 radical (unpaired) electrons. The average Bonchev–Trinajstić information content (AvgIpc) is 2.61. The molecule has 1 fully saturated rings. The number of hydrogen-bond acceptors (Lipinski definition) is 5. The second-order valence-electron chi connectivity index (χ2n) is 5.72. The van der Waals surface area contributed by atoms with Crippen LogP contribution in [0.2, 0.25) is 10.0 Å². The van der Waals surface area contributed by atoms with Crippen LogP contribution in [-0.4, -0.2) is 54.6 Å². The Balaban J connectivity index is 1.61. The van der Waals surface area contributed by atoms with Crippen LogP contribution in [0.3, 0.4) is 0 Å². The highest BCUT2D eigenvalue weighted by atomic mass is 35.5. The van der Waals surface area contributed by atoms with Crippen LogP contribution in [0.15, 0.2) is 36.8 Å². The lowest BCUT2D eigenvalue weighted by Gasteiger charge is -2.36. The highest BCUT2D eigenvalue weighted by Crippen LogP contribution is 2.33. The summed E-state index contributed by atoms with van der Waals surface area (Å²) in [7, 11) is -3.32. The van der Waals surface area contributed by atoms with E-state index in [9.17, 15) is 8.42 Å². The molecule has 0 unspecified atom stereocenters. The van der Waals surface area contributed by atoms with Crippen molar-refractivity contribution in [1.29, 1.82) is 0 Å². The van der Waals surface area contributed by atoms with Crippen LogP contribution in [0.25, 0.3) is 0 Å². The molecule has 2 aromatic rings. The molecular weight excluding hydrogens is 383 g/mol. The maximum atomic E-state index is 12.6. The molecule has 2 aromatic heterocycles. The molecule has 0 aromatic carbocycles. The first-order valence-electron chi connectivity index (χ1n) is 7.89. The summed E-state index contributed by atoms with van der Waals surface area (Å²) < 4.78 is 26.6. The molecule has 0 amide bonds. The van der Waals surface area contributed by atoms with E-state index in [0.717, 1.165) is 5.69 Å². The van der Waals surface area contributed by atoms with Crippen LogP contribution < -0.4 is 4.90 Å². The highest BCUT2D eigenvalue weighted by molar-refractivity contribution is 7.89. The summed E-state index contributed by atoms with van der Waals surface area (Å²) in [5, 5.41) is 0.943. The van der Waals surface area contributed by atoms with Crippen molar-refractivity contribution in [3.05, 3.63) is 52.5 Å². The number of piperazine rings is 1. The van der Waals surface area contributed by atoms with E-state index in [1.807, 2.05) is 23.1 Å². The maximum absolute atomic E-state index is 12.6. The topological polar surface area (TPSA) is 66.4 Å². The van der Waals surface area contributed by atoms with E-state index in [-0.39, 0.29) is 5.75 Å². The second-order valence-corrected chi connectivity index (χ2v) is 8.63. The standard InChI is InChI=1S/C16H18Cl2N4O2S/c17-14-11-19-12-15(18)16(14)21-6-8-22(9-7-21)25(23,24)10-4-13-3-1-2-5-20-13/h1-3,5,11-12H,4,6-10H2. The van der Waals surface area contributed by atoms with Crippen LogP contribution >= 0.6 is 23.2 Å². The fraction of sp³-hybridized carbons (Fsp3) is 0.375. The Kier molecular flexibility index (Phi) is 5.78. The molecule has 1 aliphatic heterocycles. The Hall–Kier alpha value is -1.41. The van der Waals surface area contributed by atoms with E-state index in [2.05, 4.69) is 9.97 Å². The molecule has 9 heteroatoms. The van der Waals surface area contributed by atoms with Crippen molar-refractivity contribution in [3.63, 3.8) is 0 Å². The SMILES string of the molecule is O=S(=O)(CCc1ccccn1)N1CCN(c2c(Cl)cncc2Cl)CC1. The van der Waals surface area contributed by atoms with Crippen molar-refractivity contribution in [3.8, 4) is 0 Å². The van der Waals surface area contributed by atoms with E-state index >= 15 is 0 Å². The van der Waals surface area contributed by atoms with Gasteiger partial charge in [-0.25, -0.2) is 8.42 Å². The summed E-state index contributed by atoms with van der Waals surface area (Å²) in [6, 6.07) is 5.50. The first-order chi connectivity index (χ1) is 12.0. The van der Waals surface area contributed by atoms with Gasteiger partial charge in [0, 0.05) is 56.9 Å². The van der Waals surface area contributed by atoms with E-state index in [4.69, 9.17) is 23.2 Å². The highest BCUT2D eigenvalue weighted by Gasteiger charge is 2.28. The number of anilines is 1. The third kappa shape index (κ3) is 4.41. The van der Waals surface area contributed by atoms with E-state index in [0.29, 0.717) is 48.3 Å². The van der Waals surface area contributed by atoms with Crippen LogP contribution in [0.4, 0.5) is 5.69 Å². The normalized spacial score (nSPS) is 16.2. The first kappa shape index (κ1) is 18.4. The molecular formula is C16H18Cl2N4O2S. The van der Waals surface area contributed by atoms with Gasteiger partial charge in [0.25, 0.3) is 0 Å². The lowest BCUT2D eigenvalue weighted by atomic mass is 10.3. The molecule has 0 aliphatic carbocycles. The molecule has 0 atom stereocenters. The van der Waals surface area contributed by atoms with Crippen molar-refractivity contribution in [2.24, 2.45) is 0 Å². The minimum atomic E-state index is -3.32. The first-order valence-corrected chi connectivity index (χ1v) is 10.3. The second kappa shape index (κ2) is 7.86. The lowest BCUT2D eigenvalue weighted by molar-refractivity contribution is 0.385. The van der Waals surface area contributed by atoms with Crippen molar-refractivity contribution in [2.45, 2.75) is 6.42 Å². The quantitative estimate of drug-likeness (QED) is 0.770. The molecule has 1 saturated heterocycles. The van der Waals surface area contributed by atoms with Gasteiger partial charge in [-0.15, -0.1) is 0 Å². The number of aromatic nitrogens is 2. The Bertz CT molecular complexity index is 805. The molecule has 3 rings (SSSR count). The predicted molar refractivity (Wildman–Crippen MR) is 99.8 cm³/mol.